The first-order valence-electron chi connectivity index (χ1n) is 13.2. The quantitative estimate of drug-likeness (QED) is 0.265. The Kier molecular flexibility index (Phi) is 8.07. The second-order valence-corrected chi connectivity index (χ2v) is 11.6. The molecule has 3 rings (SSSR count). The zero-order valence-electron chi connectivity index (χ0n) is 21.9. The van der Waals surface area contributed by atoms with E-state index in [0.29, 0.717) is 0 Å². The zero-order valence-corrected chi connectivity index (χ0v) is 21.9. The van der Waals surface area contributed by atoms with Gasteiger partial charge in [-0.2, -0.15) is 0 Å². The lowest BCUT2D eigenvalue weighted by Crippen LogP contribution is -2.22. The van der Waals surface area contributed by atoms with E-state index >= 15 is 0 Å². The van der Waals surface area contributed by atoms with Crippen molar-refractivity contribution in [1.82, 2.24) is 0 Å². The second kappa shape index (κ2) is 10.4. The molecule has 0 aliphatic rings. The van der Waals surface area contributed by atoms with Crippen molar-refractivity contribution in [1.29, 1.82) is 0 Å². The molecule has 0 nitrogen and oxygen atoms in total. The van der Waals surface area contributed by atoms with Gasteiger partial charge in [-0.25, -0.2) is 0 Å². The Morgan fingerprint density at radius 3 is 1.72 bits per heavy atom. The molecular weight excluding hydrogens is 384 g/mol. The maximum Gasteiger partial charge on any atom is -0.00749 e. The van der Waals surface area contributed by atoms with Crippen molar-refractivity contribution in [3.8, 4) is 0 Å². The number of unbranched alkanes of at least 4 members (excludes halogenated alkanes) is 2. The van der Waals surface area contributed by atoms with Crippen molar-refractivity contribution in [2.24, 2.45) is 5.92 Å². The Balaban J connectivity index is 1.99. The SMILES string of the molecule is CCCCC(C)(C)c1ccc2cc3cc(C(C)(CCCC)CCC(C)C)ccc3cc2c1. The molecule has 1 atom stereocenters. The third-order valence-corrected chi connectivity index (χ3v) is 7.78. The molecule has 174 valence electrons. The van der Waals surface area contributed by atoms with Gasteiger partial charge in [-0.1, -0.05) is 117 Å². The number of fused-ring (bicyclic) bond motifs is 2. The van der Waals surface area contributed by atoms with Gasteiger partial charge < -0.3 is 0 Å². The molecule has 0 heteroatoms. The first-order valence-corrected chi connectivity index (χ1v) is 13.2. The average molecular weight is 431 g/mol. The molecule has 0 bridgehead atoms. The van der Waals surface area contributed by atoms with E-state index in [0.717, 1.165) is 5.92 Å². The minimum absolute atomic E-state index is 0.237. The summed E-state index contributed by atoms with van der Waals surface area (Å²) in [5, 5.41) is 5.50. The fraction of sp³-hybridized carbons (Fsp3) is 0.562. The van der Waals surface area contributed by atoms with E-state index in [-0.39, 0.29) is 10.8 Å². The van der Waals surface area contributed by atoms with Crippen LogP contribution in [0.15, 0.2) is 48.5 Å². The summed E-state index contributed by atoms with van der Waals surface area (Å²) in [5.74, 6) is 0.760. The summed E-state index contributed by atoms with van der Waals surface area (Å²) < 4.78 is 0. The van der Waals surface area contributed by atoms with Crippen LogP contribution in [0, 0.1) is 5.92 Å². The second-order valence-electron chi connectivity index (χ2n) is 11.6. The van der Waals surface area contributed by atoms with Crippen LogP contribution >= 0.6 is 0 Å². The Bertz CT molecular complexity index is 1020. The number of rotatable bonds is 11. The molecule has 3 aromatic rings. The van der Waals surface area contributed by atoms with Gasteiger partial charge in [0.15, 0.2) is 0 Å². The third kappa shape index (κ3) is 5.75. The van der Waals surface area contributed by atoms with E-state index in [1.807, 2.05) is 0 Å². The lowest BCUT2D eigenvalue weighted by Gasteiger charge is -2.31. The van der Waals surface area contributed by atoms with E-state index in [9.17, 15) is 0 Å². The van der Waals surface area contributed by atoms with Crippen molar-refractivity contribution in [2.45, 2.75) is 111 Å². The standard InChI is InChI=1S/C32H46/c1-8-10-17-31(5,6)29-14-12-25-21-28-23-30(15-13-26(28)20-27(25)22-29)32(7,18-11-9-2)19-16-24(3)4/h12-15,20-24H,8-11,16-19H2,1-7H3. The monoisotopic (exact) mass is 430 g/mol. The highest BCUT2D eigenvalue weighted by Crippen LogP contribution is 2.38. The molecule has 1 unspecified atom stereocenters. The molecule has 0 N–H and O–H groups in total. The van der Waals surface area contributed by atoms with Gasteiger partial charge in [0.25, 0.3) is 0 Å². The van der Waals surface area contributed by atoms with E-state index in [1.54, 1.807) is 0 Å². The zero-order chi connectivity index (χ0) is 23.4. The molecule has 0 heterocycles. The van der Waals surface area contributed by atoms with Gasteiger partial charge in [0.1, 0.15) is 0 Å². The van der Waals surface area contributed by atoms with Gasteiger partial charge in [0, 0.05) is 0 Å². The first-order chi connectivity index (χ1) is 15.2. The van der Waals surface area contributed by atoms with Gasteiger partial charge in [0.05, 0.1) is 0 Å². The third-order valence-electron chi connectivity index (χ3n) is 7.78. The molecule has 0 saturated carbocycles. The van der Waals surface area contributed by atoms with Crippen LogP contribution in [0.1, 0.15) is 111 Å². The van der Waals surface area contributed by atoms with Gasteiger partial charge >= 0.3 is 0 Å². The van der Waals surface area contributed by atoms with E-state index < -0.39 is 0 Å². The largest absolute Gasteiger partial charge is 0.0654 e. The topological polar surface area (TPSA) is 0 Å². The highest BCUT2D eigenvalue weighted by Gasteiger charge is 2.26. The van der Waals surface area contributed by atoms with Crippen molar-refractivity contribution in [3.63, 3.8) is 0 Å². The lowest BCUT2D eigenvalue weighted by molar-refractivity contribution is 0.351. The van der Waals surface area contributed by atoms with E-state index in [4.69, 9.17) is 0 Å². The molecule has 0 radical (unpaired) electrons. The van der Waals surface area contributed by atoms with Crippen molar-refractivity contribution >= 4 is 21.5 Å². The maximum atomic E-state index is 2.50. The van der Waals surface area contributed by atoms with E-state index in [1.165, 1.54) is 84.0 Å². The van der Waals surface area contributed by atoms with Crippen LogP contribution in [0.5, 0.6) is 0 Å². The maximum absolute atomic E-state index is 2.50. The smallest absolute Gasteiger partial charge is 0.00749 e. The summed E-state index contributed by atoms with van der Waals surface area (Å²) in [4.78, 5) is 0. The molecule has 0 saturated heterocycles. The van der Waals surface area contributed by atoms with Crippen molar-refractivity contribution in [3.05, 3.63) is 59.7 Å². The Morgan fingerprint density at radius 2 is 1.16 bits per heavy atom. The lowest BCUT2D eigenvalue weighted by atomic mass is 9.73. The molecule has 3 aromatic carbocycles. The van der Waals surface area contributed by atoms with Crippen LogP contribution < -0.4 is 0 Å². The van der Waals surface area contributed by atoms with Crippen molar-refractivity contribution < 1.29 is 0 Å². The predicted octanol–water partition coefficient (Wildman–Crippen LogP) is 10.3. The summed E-state index contributed by atoms with van der Waals surface area (Å²) in [6.45, 7) is 16.6. The van der Waals surface area contributed by atoms with Crippen molar-refractivity contribution in [2.75, 3.05) is 0 Å². The highest BCUT2D eigenvalue weighted by atomic mass is 14.3. The number of hydrogen-bond acceptors (Lipinski definition) is 0. The molecule has 0 fully saturated rings. The van der Waals surface area contributed by atoms with Crippen LogP contribution in [-0.4, -0.2) is 0 Å². The normalized spacial score (nSPS) is 14.4. The first kappa shape index (κ1) is 24.8. The van der Waals surface area contributed by atoms with Gasteiger partial charge in [-0.15, -0.1) is 0 Å². The summed E-state index contributed by atoms with van der Waals surface area (Å²) in [5.41, 5.74) is 3.50. The molecule has 0 amide bonds. The summed E-state index contributed by atoms with van der Waals surface area (Å²) in [6.07, 6.45) is 10.2. The minimum atomic E-state index is 0.237. The van der Waals surface area contributed by atoms with Crippen LogP contribution in [0.25, 0.3) is 21.5 Å². The molecule has 0 spiro atoms. The number of benzene rings is 3. The Labute approximate surface area is 197 Å². The molecular formula is C32H46. The molecule has 32 heavy (non-hydrogen) atoms. The Morgan fingerprint density at radius 1 is 0.625 bits per heavy atom. The number of hydrogen-bond donors (Lipinski definition) is 0. The van der Waals surface area contributed by atoms with Crippen LogP contribution in [0.4, 0.5) is 0 Å². The summed E-state index contributed by atoms with van der Waals surface area (Å²) in [7, 11) is 0. The van der Waals surface area contributed by atoms with Crippen LogP contribution in [0.2, 0.25) is 0 Å². The van der Waals surface area contributed by atoms with Gasteiger partial charge in [-0.05, 0) is 80.8 Å². The van der Waals surface area contributed by atoms with Gasteiger partial charge in [-0.3, -0.25) is 0 Å². The van der Waals surface area contributed by atoms with Crippen LogP contribution in [0.3, 0.4) is 0 Å². The average Bonchev–Trinajstić information content (AvgIpc) is 2.78. The fourth-order valence-electron chi connectivity index (χ4n) is 5.14. The molecule has 0 aromatic heterocycles. The fourth-order valence-corrected chi connectivity index (χ4v) is 5.14. The highest BCUT2D eigenvalue weighted by molar-refractivity contribution is 5.98. The molecule has 0 aliphatic heterocycles. The summed E-state index contributed by atoms with van der Waals surface area (Å²) in [6, 6.07) is 19.3. The Hall–Kier alpha value is -1.82. The van der Waals surface area contributed by atoms with Gasteiger partial charge in [0.2, 0.25) is 0 Å². The van der Waals surface area contributed by atoms with E-state index in [2.05, 4.69) is 97.0 Å². The predicted molar refractivity (Wildman–Crippen MR) is 145 cm³/mol. The van der Waals surface area contributed by atoms with Crippen LogP contribution in [-0.2, 0) is 10.8 Å². The summed E-state index contributed by atoms with van der Waals surface area (Å²) >= 11 is 0. The minimum Gasteiger partial charge on any atom is -0.0654 e. The molecule has 0 aliphatic carbocycles.